The van der Waals surface area contributed by atoms with Crippen molar-refractivity contribution < 1.29 is 19.1 Å². The molecule has 0 bridgehead atoms. The maximum Gasteiger partial charge on any atom is 0.287 e. The molecule has 5 rings (SSSR count). The van der Waals surface area contributed by atoms with Gasteiger partial charge >= 0.3 is 0 Å². The third kappa shape index (κ3) is 5.67. The number of amides is 1. The number of aliphatic hydroxyl groups is 1. The Morgan fingerprint density at radius 3 is 2.71 bits per heavy atom. The number of nitrogens with zero attached hydrogens (tertiary/aromatic N) is 1. The third-order valence-corrected chi connectivity index (χ3v) is 7.16. The van der Waals surface area contributed by atoms with Crippen molar-refractivity contribution in [2.75, 3.05) is 32.8 Å². The highest BCUT2D eigenvalue weighted by atomic mass is 16.5. The molecule has 2 saturated heterocycles. The molecule has 0 unspecified atom stereocenters. The summed E-state index contributed by atoms with van der Waals surface area (Å²) in [5, 5.41) is 15.2. The second-order valence-electron chi connectivity index (χ2n) is 9.92. The van der Waals surface area contributed by atoms with Crippen LogP contribution in [0.2, 0.25) is 0 Å². The minimum atomic E-state index is -0.874. The van der Waals surface area contributed by atoms with Crippen LogP contribution in [0, 0.1) is 0 Å². The first kappa shape index (κ1) is 23.8. The fourth-order valence-electron chi connectivity index (χ4n) is 5.15. The minimum absolute atomic E-state index is 0.0904. The fraction of sp³-hybridized carbons (Fsp3) is 0.414. The average Bonchev–Trinajstić information content (AvgIpc) is 3.54. The van der Waals surface area contributed by atoms with E-state index in [1.165, 1.54) is 11.1 Å². The van der Waals surface area contributed by atoms with Gasteiger partial charge in [-0.05, 0) is 61.9 Å². The van der Waals surface area contributed by atoms with E-state index in [-0.39, 0.29) is 17.8 Å². The zero-order chi connectivity index (χ0) is 24.3. The molecule has 3 heterocycles. The third-order valence-electron chi connectivity index (χ3n) is 7.16. The predicted molar refractivity (Wildman–Crippen MR) is 137 cm³/mol. The van der Waals surface area contributed by atoms with Crippen molar-refractivity contribution in [3.05, 3.63) is 77.1 Å². The number of likely N-dealkylation sites (tertiary alicyclic amines) is 1. The molecule has 0 spiro atoms. The van der Waals surface area contributed by atoms with E-state index in [0.717, 1.165) is 50.0 Å². The number of hydrogen-bond donors (Lipinski definition) is 2. The van der Waals surface area contributed by atoms with Crippen molar-refractivity contribution in [1.29, 1.82) is 0 Å². The average molecular weight is 475 g/mol. The van der Waals surface area contributed by atoms with E-state index >= 15 is 0 Å². The van der Waals surface area contributed by atoms with Gasteiger partial charge in [0.1, 0.15) is 5.58 Å². The number of carbonyl (C=O) groups is 1. The van der Waals surface area contributed by atoms with Crippen LogP contribution >= 0.6 is 0 Å². The van der Waals surface area contributed by atoms with Crippen LogP contribution in [-0.2, 0) is 10.3 Å². The summed E-state index contributed by atoms with van der Waals surface area (Å²) in [5.41, 5.74) is 3.19. The van der Waals surface area contributed by atoms with Gasteiger partial charge in [-0.2, -0.15) is 0 Å². The smallest absolute Gasteiger partial charge is 0.287 e. The molecule has 2 aromatic carbocycles. The first-order valence-corrected chi connectivity index (χ1v) is 12.6. The lowest BCUT2D eigenvalue weighted by atomic mass is 9.84. The van der Waals surface area contributed by atoms with Crippen LogP contribution in [0.1, 0.15) is 54.3 Å². The molecule has 0 radical (unpaired) electrons. The number of fused-ring (bicyclic) bond motifs is 1. The highest BCUT2D eigenvalue weighted by molar-refractivity contribution is 5.96. The topological polar surface area (TPSA) is 74.9 Å². The molecule has 6 nitrogen and oxygen atoms in total. The number of furan rings is 1. The van der Waals surface area contributed by atoms with Crippen molar-refractivity contribution in [3.8, 4) is 0 Å². The van der Waals surface area contributed by atoms with Gasteiger partial charge in [0.05, 0.1) is 11.7 Å². The number of benzene rings is 2. The summed E-state index contributed by atoms with van der Waals surface area (Å²) in [6.45, 7) is 5.98. The Balaban J connectivity index is 1.20. The van der Waals surface area contributed by atoms with Crippen LogP contribution in [0.5, 0.6) is 0 Å². The lowest BCUT2D eigenvalue weighted by Crippen LogP contribution is -2.43. The first-order chi connectivity index (χ1) is 17.0. The van der Waals surface area contributed by atoms with Crippen LogP contribution in [0.4, 0.5) is 0 Å². The van der Waals surface area contributed by atoms with Gasteiger partial charge in [-0.1, -0.05) is 48.0 Å². The molecule has 0 saturated carbocycles. The normalized spacial score (nSPS) is 20.9. The Morgan fingerprint density at radius 2 is 1.97 bits per heavy atom. The fourth-order valence-corrected chi connectivity index (χ4v) is 5.15. The number of nitrogens with one attached hydrogen (secondary N) is 1. The molecule has 2 aliphatic heterocycles. The van der Waals surface area contributed by atoms with Crippen LogP contribution in [-0.4, -0.2) is 54.8 Å². The van der Waals surface area contributed by atoms with E-state index in [1.54, 1.807) is 6.07 Å². The van der Waals surface area contributed by atoms with Gasteiger partial charge in [-0.3, -0.25) is 9.69 Å². The van der Waals surface area contributed by atoms with Crippen molar-refractivity contribution in [1.82, 2.24) is 10.2 Å². The SMILES string of the molecule is C/C(=C\c1ccccc1)CN1CCC(O)(c2ccc3oc(C(=O)NC[C@H]4CCCO4)cc3c2)CC1. The Morgan fingerprint density at radius 1 is 1.17 bits per heavy atom. The van der Waals surface area contributed by atoms with Crippen molar-refractivity contribution in [2.45, 2.75) is 44.3 Å². The second-order valence-corrected chi connectivity index (χ2v) is 9.92. The summed E-state index contributed by atoms with van der Waals surface area (Å²) < 4.78 is 11.3. The summed E-state index contributed by atoms with van der Waals surface area (Å²) >= 11 is 0. The van der Waals surface area contributed by atoms with Crippen LogP contribution in [0.15, 0.2) is 64.6 Å². The lowest BCUT2D eigenvalue weighted by Gasteiger charge is -2.38. The number of carbonyl (C=O) groups excluding carboxylic acids is 1. The second kappa shape index (κ2) is 10.4. The van der Waals surface area contributed by atoms with Gasteiger partial charge in [0.15, 0.2) is 5.76 Å². The molecule has 6 heteroatoms. The predicted octanol–water partition coefficient (Wildman–Crippen LogP) is 4.73. The van der Waals surface area contributed by atoms with Crippen molar-refractivity contribution >= 4 is 23.0 Å². The van der Waals surface area contributed by atoms with Gasteiger partial charge in [0.25, 0.3) is 5.91 Å². The molecule has 2 N–H and O–H groups in total. The molecule has 3 aromatic rings. The van der Waals surface area contributed by atoms with E-state index in [4.69, 9.17) is 9.15 Å². The van der Waals surface area contributed by atoms with Gasteiger partial charge in [-0.25, -0.2) is 0 Å². The highest BCUT2D eigenvalue weighted by Crippen LogP contribution is 2.35. The molecule has 184 valence electrons. The number of piperidine rings is 1. The minimum Gasteiger partial charge on any atom is -0.451 e. The standard InChI is InChI=1S/C29H34N2O4/c1-21(16-22-6-3-2-4-7-22)20-31-13-11-29(33,12-14-31)24-9-10-26-23(17-24)18-27(35-26)28(32)30-19-25-8-5-15-34-25/h2-4,6-7,9-10,16-18,25,33H,5,8,11-15,19-20H2,1H3,(H,30,32)/b21-16+/t25-/m1/s1. The van der Waals surface area contributed by atoms with Crippen LogP contribution in [0.3, 0.4) is 0 Å². The van der Waals surface area contributed by atoms with E-state index < -0.39 is 5.60 Å². The van der Waals surface area contributed by atoms with E-state index in [1.807, 2.05) is 24.3 Å². The molecule has 2 fully saturated rings. The van der Waals surface area contributed by atoms with Gasteiger partial charge < -0.3 is 19.6 Å². The first-order valence-electron chi connectivity index (χ1n) is 12.6. The molecular formula is C29H34N2O4. The number of ether oxygens (including phenoxy) is 1. The molecule has 1 aromatic heterocycles. The molecule has 1 amide bonds. The summed E-state index contributed by atoms with van der Waals surface area (Å²) in [4.78, 5) is 14.9. The van der Waals surface area contributed by atoms with E-state index in [9.17, 15) is 9.90 Å². The summed E-state index contributed by atoms with van der Waals surface area (Å²) in [7, 11) is 0. The Labute approximate surface area is 206 Å². The van der Waals surface area contributed by atoms with Crippen LogP contribution in [0.25, 0.3) is 17.0 Å². The van der Waals surface area contributed by atoms with Gasteiger partial charge in [-0.15, -0.1) is 0 Å². The van der Waals surface area contributed by atoms with Crippen molar-refractivity contribution in [3.63, 3.8) is 0 Å². The zero-order valence-electron chi connectivity index (χ0n) is 20.3. The Hall–Kier alpha value is -2.93. The zero-order valence-corrected chi connectivity index (χ0v) is 20.3. The summed E-state index contributed by atoms with van der Waals surface area (Å²) in [6.07, 6.45) is 5.67. The Bertz CT molecular complexity index is 1190. The molecule has 0 aliphatic carbocycles. The molecular weight excluding hydrogens is 440 g/mol. The van der Waals surface area contributed by atoms with Crippen molar-refractivity contribution in [2.24, 2.45) is 0 Å². The monoisotopic (exact) mass is 474 g/mol. The largest absolute Gasteiger partial charge is 0.451 e. The molecule has 35 heavy (non-hydrogen) atoms. The number of rotatable bonds is 7. The quantitative estimate of drug-likeness (QED) is 0.518. The van der Waals surface area contributed by atoms with Gasteiger partial charge in [0, 0.05) is 38.2 Å². The van der Waals surface area contributed by atoms with Gasteiger partial charge in [0.2, 0.25) is 0 Å². The summed E-state index contributed by atoms with van der Waals surface area (Å²) in [6, 6.07) is 17.9. The maximum atomic E-state index is 12.5. The molecule has 2 aliphatic rings. The summed E-state index contributed by atoms with van der Waals surface area (Å²) in [5.74, 6) is 0.0573. The Kier molecular flexibility index (Phi) is 7.04. The number of hydrogen-bond acceptors (Lipinski definition) is 5. The maximum absolute atomic E-state index is 12.5. The van der Waals surface area contributed by atoms with E-state index in [2.05, 4.69) is 47.5 Å². The highest BCUT2D eigenvalue weighted by Gasteiger charge is 2.34. The lowest BCUT2D eigenvalue weighted by molar-refractivity contribution is -0.0237. The molecule has 1 atom stereocenters. The van der Waals surface area contributed by atoms with E-state index in [0.29, 0.717) is 25.0 Å². The van der Waals surface area contributed by atoms with Crippen LogP contribution < -0.4 is 5.32 Å².